The van der Waals surface area contributed by atoms with Crippen molar-refractivity contribution >= 4 is 57.4 Å². The Labute approximate surface area is 323 Å². The molecule has 3 atom stereocenters. The molecule has 2 aliphatic carbocycles. The molecule has 53 heavy (non-hydrogen) atoms. The zero-order valence-electron chi connectivity index (χ0n) is 30.0. The summed E-state index contributed by atoms with van der Waals surface area (Å²) in [5.74, 6) is -1.54. The van der Waals surface area contributed by atoms with Crippen LogP contribution in [0.4, 0.5) is 20.2 Å². The van der Waals surface area contributed by atoms with Gasteiger partial charge in [-0.3, -0.25) is 9.59 Å². The summed E-state index contributed by atoms with van der Waals surface area (Å²) >= 11 is 11.6. The number of nitrogens with one attached hydrogen (secondary N) is 3. The largest absolute Gasteiger partial charge is 0.346 e. The first-order chi connectivity index (χ1) is 24.5. The van der Waals surface area contributed by atoms with Gasteiger partial charge in [-0.2, -0.15) is 0 Å². The van der Waals surface area contributed by atoms with Crippen molar-refractivity contribution in [3.63, 3.8) is 0 Å². The van der Waals surface area contributed by atoms with Crippen LogP contribution in [0, 0.1) is 11.6 Å². The van der Waals surface area contributed by atoms with Crippen molar-refractivity contribution in [2.75, 3.05) is 10.6 Å². The summed E-state index contributed by atoms with van der Waals surface area (Å²) in [6.45, 7) is 5.81. The predicted molar refractivity (Wildman–Crippen MR) is 212 cm³/mol. The van der Waals surface area contributed by atoms with Crippen molar-refractivity contribution in [1.82, 2.24) is 13.9 Å². The van der Waals surface area contributed by atoms with Crippen molar-refractivity contribution < 1.29 is 22.6 Å². The molecule has 2 amide bonds. The van der Waals surface area contributed by atoms with E-state index < -0.39 is 22.6 Å². The van der Waals surface area contributed by atoms with Gasteiger partial charge < -0.3 is 25.5 Å². The quantitative estimate of drug-likeness (QED) is 0.145. The van der Waals surface area contributed by atoms with E-state index in [-0.39, 0.29) is 46.1 Å². The van der Waals surface area contributed by atoms with Gasteiger partial charge in [-0.1, -0.05) is 43.5 Å². The van der Waals surface area contributed by atoms with Gasteiger partial charge in [0.05, 0.1) is 25.8 Å². The minimum atomic E-state index is -1.20. The first-order valence-electron chi connectivity index (χ1n) is 17.4. The maximum Gasteiger partial charge on any atom is 0.272 e. The number of hydrogen-bond donors (Lipinski definition) is 4. The summed E-state index contributed by atoms with van der Waals surface area (Å²) in [5.41, 5.74) is 12.3. The van der Waals surface area contributed by atoms with E-state index in [4.69, 9.17) is 28.9 Å². The molecule has 2 aromatic heterocycles. The smallest absolute Gasteiger partial charge is 0.272 e. The van der Waals surface area contributed by atoms with Gasteiger partial charge in [0.25, 0.3) is 11.8 Å². The number of anilines is 2. The van der Waals surface area contributed by atoms with Crippen molar-refractivity contribution in [3.8, 4) is 0 Å². The van der Waals surface area contributed by atoms with Crippen LogP contribution >= 0.6 is 23.2 Å². The van der Waals surface area contributed by atoms with Crippen molar-refractivity contribution in [2.45, 2.75) is 96.4 Å². The van der Waals surface area contributed by atoms with Crippen LogP contribution in [0.2, 0.25) is 10.0 Å². The van der Waals surface area contributed by atoms with Gasteiger partial charge in [0.2, 0.25) is 0 Å². The van der Waals surface area contributed by atoms with Crippen molar-refractivity contribution in [1.29, 1.82) is 0 Å². The van der Waals surface area contributed by atoms with Gasteiger partial charge >= 0.3 is 0 Å². The Kier molecular flexibility index (Phi) is 14.1. The van der Waals surface area contributed by atoms with Crippen LogP contribution in [-0.2, 0) is 37.9 Å². The van der Waals surface area contributed by atoms with E-state index in [0.717, 1.165) is 73.6 Å². The highest BCUT2D eigenvalue weighted by molar-refractivity contribution is 7.84. The molecule has 2 unspecified atom stereocenters. The number of amides is 2. The Hall–Kier alpha value is -3.55. The maximum atomic E-state index is 13.4. The molecule has 0 radical (unpaired) electrons. The lowest BCUT2D eigenvalue weighted by Crippen LogP contribution is -2.35. The second-order valence-corrected chi connectivity index (χ2v) is 17.2. The van der Waals surface area contributed by atoms with Gasteiger partial charge in [-0.05, 0) is 118 Å². The lowest BCUT2D eigenvalue weighted by molar-refractivity contribution is 0.101. The zero-order valence-corrected chi connectivity index (χ0v) is 32.4. The molecule has 6 rings (SSSR count). The molecule has 0 saturated heterocycles. The SMILES string of the molecule is C.Cn1cc2c(c1C(=O)Nc1ccc(F)c(Cl)c1)CCCCC2N.Cn1cc2c(c1C(=O)Nc1ccc(F)c(Cl)c1)CCCCC2N[S@@](=O)C(C)(C)C. The topological polar surface area (TPSA) is 123 Å². The molecular weight excluding hydrogens is 741 g/mol. The Morgan fingerprint density at radius 3 is 1.72 bits per heavy atom. The fourth-order valence-electron chi connectivity index (χ4n) is 6.73. The number of fused-ring (bicyclic) bond motifs is 2. The molecule has 0 fully saturated rings. The van der Waals surface area contributed by atoms with Crippen LogP contribution in [0.25, 0.3) is 0 Å². The molecular formula is C39H50Cl2F2N6O3S. The monoisotopic (exact) mass is 790 g/mol. The fourth-order valence-corrected chi connectivity index (χ4v) is 7.94. The second-order valence-electron chi connectivity index (χ2n) is 14.4. The lowest BCUT2D eigenvalue weighted by Gasteiger charge is -2.23. The Bertz CT molecular complexity index is 1990. The third-order valence-corrected chi connectivity index (χ3v) is 11.6. The van der Waals surface area contributed by atoms with E-state index in [9.17, 15) is 22.6 Å². The molecule has 0 bridgehead atoms. The molecule has 14 heteroatoms. The van der Waals surface area contributed by atoms with Gasteiger partial charge in [0.1, 0.15) is 23.0 Å². The molecule has 2 aromatic carbocycles. The summed E-state index contributed by atoms with van der Waals surface area (Å²) in [6.07, 6.45) is 11.4. The minimum Gasteiger partial charge on any atom is -0.346 e. The van der Waals surface area contributed by atoms with E-state index in [1.807, 2.05) is 56.4 Å². The number of halogens is 4. The minimum absolute atomic E-state index is 0. The number of hydrogen-bond acceptors (Lipinski definition) is 4. The van der Waals surface area contributed by atoms with Crippen LogP contribution in [0.3, 0.4) is 0 Å². The number of carbonyl (C=O) groups is 2. The Morgan fingerprint density at radius 1 is 0.792 bits per heavy atom. The number of nitrogens with two attached hydrogens (primary N) is 1. The number of rotatable bonds is 6. The van der Waals surface area contributed by atoms with Crippen LogP contribution in [0.15, 0.2) is 48.8 Å². The van der Waals surface area contributed by atoms with Crippen LogP contribution in [0.5, 0.6) is 0 Å². The number of nitrogens with zero attached hydrogens (tertiary/aromatic N) is 2. The standard InChI is InChI=1S/C21H27ClFN3O2S.C17H19ClFN3O.CH4/c1-21(2,3)29(28)25-18-8-6-5-7-14-15(18)12-26(4)19(14)20(27)24-13-9-10-17(23)16(22)11-13;1-22-9-12-11(4-2-3-5-15(12)20)16(22)17(23)21-10-6-7-14(19)13(18)8-10;/h9-12,18,25H,5-8H2,1-4H3,(H,24,27);6-9,15H,2-5,20H2,1H3,(H,21,23);1H4/t18?,29-;;/m0../s1. The molecule has 288 valence electrons. The van der Waals surface area contributed by atoms with Gasteiger partial charge in [-0.15, -0.1) is 0 Å². The Morgan fingerprint density at radius 2 is 1.25 bits per heavy atom. The number of aryl methyl sites for hydroxylation is 2. The van der Waals surface area contributed by atoms with Gasteiger partial charge in [-0.25, -0.2) is 17.7 Å². The molecule has 4 aromatic rings. The zero-order chi connectivity index (χ0) is 37.9. The van der Waals surface area contributed by atoms with E-state index in [0.29, 0.717) is 22.8 Å². The molecule has 0 saturated carbocycles. The van der Waals surface area contributed by atoms with Gasteiger partial charge in [0, 0.05) is 49.9 Å². The molecule has 9 nitrogen and oxygen atoms in total. The molecule has 0 spiro atoms. The summed E-state index contributed by atoms with van der Waals surface area (Å²) in [6, 6.07) is 8.14. The average Bonchev–Trinajstić information content (AvgIpc) is 3.44. The van der Waals surface area contributed by atoms with E-state index in [1.54, 1.807) is 0 Å². The van der Waals surface area contributed by atoms with E-state index >= 15 is 0 Å². The van der Waals surface area contributed by atoms with Crippen molar-refractivity contribution in [2.24, 2.45) is 19.8 Å². The summed E-state index contributed by atoms with van der Waals surface area (Å²) in [7, 11) is 2.47. The summed E-state index contributed by atoms with van der Waals surface area (Å²) in [5, 5.41) is 5.54. The molecule has 0 aliphatic heterocycles. The fraction of sp³-hybridized carbons (Fsp3) is 0.436. The highest BCUT2D eigenvalue weighted by Crippen LogP contribution is 2.34. The number of carbonyl (C=O) groups excluding carboxylic acids is 2. The lowest BCUT2D eigenvalue weighted by atomic mass is 10.0. The third kappa shape index (κ3) is 9.96. The van der Waals surface area contributed by atoms with E-state index in [2.05, 4.69) is 15.4 Å². The number of benzene rings is 2. The predicted octanol–water partition coefficient (Wildman–Crippen LogP) is 9.32. The molecule has 2 aliphatic rings. The van der Waals surface area contributed by atoms with E-state index in [1.165, 1.54) is 36.4 Å². The first kappa shape index (κ1) is 42.2. The van der Waals surface area contributed by atoms with Gasteiger partial charge in [0.15, 0.2) is 0 Å². The molecule has 5 N–H and O–H groups in total. The van der Waals surface area contributed by atoms with Crippen LogP contribution in [-0.4, -0.2) is 29.9 Å². The average molecular weight is 792 g/mol. The first-order valence-corrected chi connectivity index (χ1v) is 19.3. The highest BCUT2D eigenvalue weighted by atomic mass is 35.5. The normalized spacial score (nSPS) is 17.5. The number of aromatic nitrogens is 2. The van der Waals surface area contributed by atoms with Crippen molar-refractivity contribution in [3.05, 3.63) is 104 Å². The van der Waals surface area contributed by atoms with Crippen LogP contribution < -0.4 is 21.1 Å². The Balaban J connectivity index is 0.000000238. The maximum absolute atomic E-state index is 13.4. The second kappa shape index (κ2) is 17.7. The summed E-state index contributed by atoms with van der Waals surface area (Å²) in [4.78, 5) is 25.7. The third-order valence-electron chi connectivity index (χ3n) is 9.37. The molecule has 2 heterocycles. The summed E-state index contributed by atoms with van der Waals surface area (Å²) < 4.78 is 45.8. The van der Waals surface area contributed by atoms with Crippen LogP contribution in [0.1, 0.15) is 122 Å². The highest BCUT2D eigenvalue weighted by Gasteiger charge is 2.30.